The zero-order chi connectivity index (χ0) is 12.5. The van der Waals surface area contributed by atoms with Crippen molar-refractivity contribution in [1.29, 1.82) is 0 Å². The molecule has 1 fully saturated rings. The SMILES string of the molecule is CCN1CCC(c2cn3ccc(CN)cc3n2)C1. The van der Waals surface area contributed by atoms with E-state index in [0.717, 1.165) is 24.3 Å². The molecule has 1 atom stereocenters. The smallest absolute Gasteiger partial charge is 0.137 e. The number of pyridine rings is 1. The second-order valence-corrected chi connectivity index (χ2v) is 5.05. The zero-order valence-electron chi connectivity index (χ0n) is 10.8. The molecule has 2 N–H and O–H groups in total. The van der Waals surface area contributed by atoms with Gasteiger partial charge in [-0.05, 0) is 37.2 Å². The molecular weight excluding hydrogens is 224 g/mol. The second kappa shape index (κ2) is 4.71. The van der Waals surface area contributed by atoms with E-state index < -0.39 is 0 Å². The molecule has 0 bridgehead atoms. The second-order valence-electron chi connectivity index (χ2n) is 5.05. The summed E-state index contributed by atoms with van der Waals surface area (Å²) >= 11 is 0. The maximum atomic E-state index is 5.66. The first-order valence-electron chi connectivity index (χ1n) is 6.70. The van der Waals surface area contributed by atoms with Crippen LogP contribution in [0.5, 0.6) is 0 Å². The van der Waals surface area contributed by atoms with Gasteiger partial charge in [0, 0.05) is 31.4 Å². The van der Waals surface area contributed by atoms with Crippen LogP contribution in [0, 0.1) is 0 Å². The summed E-state index contributed by atoms with van der Waals surface area (Å²) in [6.07, 6.45) is 5.45. The number of fused-ring (bicyclic) bond motifs is 1. The lowest BCUT2D eigenvalue weighted by Gasteiger charge is -2.11. The number of hydrogen-bond acceptors (Lipinski definition) is 3. The topological polar surface area (TPSA) is 46.6 Å². The number of aromatic nitrogens is 2. The Hall–Kier alpha value is -1.39. The van der Waals surface area contributed by atoms with Gasteiger partial charge < -0.3 is 15.0 Å². The van der Waals surface area contributed by atoms with Crippen LogP contribution >= 0.6 is 0 Å². The van der Waals surface area contributed by atoms with E-state index in [0.29, 0.717) is 12.5 Å². The fourth-order valence-corrected chi connectivity index (χ4v) is 2.73. The van der Waals surface area contributed by atoms with Gasteiger partial charge in [-0.3, -0.25) is 0 Å². The first kappa shape index (κ1) is 11.7. The predicted octanol–water partition coefficient (Wildman–Crippen LogP) is 1.60. The first-order chi connectivity index (χ1) is 8.80. The molecule has 18 heavy (non-hydrogen) atoms. The molecule has 1 aliphatic rings. The third-order valence-corrected chi connectivity index (χ3v) is 3.92. The molecule has 1 aliphatic heterocycles. The number of imidazole rings is 1. The van der Waals surface area contributed by atoms with Gasteiger partial charge in [-0.15, -0.1) is 0 Å². The van der Waals surface area contributed by atoms with Gasteiger partial charge in [0.2, 0.25) is 0 Å². The van der Waals surface area contributed by atoms with Crippen LogP contribution in [0.3, 0.4) is 0 Å². The third kappa shape index (κ3) is 2.02. The van der Waals surface area contributed by atoms with Crippen molar-refractivity contribution < 1.29 is 0 Å². The van der Waals surface area contributed by atoms with E-state index >= 15 is 0 Å². The van der Waals surface area contributed by atoms with Crippen LogP contribution in [0.1, 0.15) is 30.5 Å². The molecule has 1 saturated heterocycles. The van der Waals surface area contributed by atoms with Gasteiger partial charge in [-0.2, -0.15) is 0 Å². The van der Waals surface area contributed by atoms with Crippen LogP contribution in [-0.2, 0) is 6.54 Å². The molecule has 0 saturated carbocycles. The molecule has 2 aromatic heterocycles. The van der Waals surface area contributed by atoms with Gasteiger partial charge >= 0.3 is 0 Å². The summed E-state index contributed by atoms with van der Waals surface area (Å²) in [6.45, 7) is 6.28. The number of rotatable bonds is 3. The highest BCUT2D eigenvalue weighted by Crippen LogP contribution is 2.26. The Morgan fingerprint density at radius 1 is 1.50 bits per heavy atom. The van der Waals surface area contributed by atoms with Gasteiger partial charge in [-0.1, -0.05) is 6.92 Å². The van der Waals surface area contributed by atoms with Crippen LogP contribution in [0.25, 0.3) is 5.65 Å². The minimum Gasteiger partial charge on any atom is -0.326 e. The highest BCUT2D eigenvalue weighted by Gasteiger charge is 2.24. The molecule has 3 rings (SSSR count). The molecule has 0 spiro atoms. The molecule has 1 unspecified atom stereocenters. The van der Waals surface area contributed by atoms with E-state index in [2.05, 4.69) is 40.8 Å². The molecule has 0 aromatic carbocycles. The Balaban J connectivity index is 1.89. The van der Waals surface area contributed by atoms with Crippen molar-refractivity contribution in [2.75, 3.05) is 19.6 Å². The first-order valence-corrected chi connectivity index (χ1v) is 6.70. The highest BCUT2D eigenvalue weighted by molar-refractivity contribution is 5.43. The summed E-state index contributed by atoms with van der Waals surface area (Å²) < 4.78 is 2.10. The molecule has 4 nitrogen and oxygen atoms in total. The Labute approximate surface area is 107 Å². The lowest BCUT2D eigenvalue weighted by atomic mass is 10.1. The fourth-order valence-electron chi connectivity index (χ4n) is 2.73. The third-order valence-electron chi connectivity index (χ3n) is 3.92. The van der Waals surface area contributed by atoms with Gasteiger partial charge in [0.25, 0.3) is 0 Å². The van der Waals surface area contributed by atoms with E-state index in [1.807, 2.05) is 0 Å². The van der Waals surface area contributed by atoms with Crippen LogP contribution in [0.15, 0.2) is 24.5 Å². The molecule has 0 amide bonds. The quantitative estimate of drug-likeness (QED) is 0.892. The van der Waals surface area contributed by atoms with Crippen molar-refractivity contribution in [3.63, 3.8) is 0 Å². The van der Waals surface area contributed by atoms with Gasteiger partial charge in [0.05, 0.1) is 5.69 Å². The number of hydrogen-bond donors (Lipinski definition) is 1. The van der Waals surface area contributed by atoms with Crippen molar-refractivity contribution in [1.82, 2.24) is 14.3 Å². The summed E-state index contributed by atoms with van der Waals surface area (Å²) in [5.74, 6) is 0.589. The van der Waals surface area contributed by atoms with Crippen LogP contribution in [-0.4, -0.2) is 33.9 Å². The zero-order valence-corrected chi connectivity index (χ0v) is 10.8. The molecular formula is C14H20N4. The lowest BCUT2D eigenvalue weighted by Crippen LogP contribution is -2.19. The number of likely N-dealkylation sites (N-methyl/N-ethyl adjacent to an activating group) is 1. The van der Waals surface area contributed by atoms with Crippen molar-refractivity contribution in [3.05, 3.63) is 35.8 Å². The standard InChI is InChI=1S/C14H20N4/c1-2-17-5-4-12(9-17)13-10-18-6-3-11(8-15)7-14(18)16-13/h3,6-7,10,12H,2,4-5,8-9,15H2,1H3. The fraction of sp³-hybridized carbons (Fsp3) is 0.500. The Kier molecular flexibility index (Phi) is 3.06. The Bertz CT molecular complexity index is 546. The lowest BCUT2D eigenvalue weighted by molar-refractivity contribution is 0.353. The van der Waals surface area contributed by atoms with Gasteiger partial charge in [0.1, 0.15) is 5.65 Å². The number of nitrogens with two attached hydrogens (primary N) is 1. The largest absolute Gasteiger partial charge is 0.326 e. The maximum absolute atomic E-state index is 5.66. The van der Waals surface area contributed by atoms with Crippen LogP contribution in [0.2, 0.25) is 0 Å². The minimum atomic E-state index is 0.575. The molecule has 3 heterocycles. The van der Waals surface area contributed by atoms with Crippen molar-refractivity contribution >= 4 is 5.65 Å². The summed E-state index contributed by atoms with van der Waals surface area (Å²) in [6, 6.07) is 4.14. The van der Waals surface area contributed by atoms with Gasteiger partial charge in [-0.25, -0.2) is 4.98 Å². The van der Waals surface area contributed by atoms with E-state index in [4.69, 9.17) is 10.7 Å². The monoisotopic (exact) mass is 244 g/mol. The Morgan fingerprint density at radius 3 is 3.11 bits per heavy atom. The normalized spacial score (nSPS) is 20.9. The number of nitrogens with zero attached hydrogens (tertiary/aromatic N) is 3. The molecule has 4 heteroatoms. The predicted molar refractivity (Wildman–Crippen MR) is 72.6 cm³/mol. The average Bonchev–Trinajstić information content (AvgIpc) is 3.03. The van der Waals surface area contributed by atoms with Crippen molar-refractivity contribution in [3.8, 4) is 0 Å². The minimum absolute atomic E-state index is 0.575. The summed E-state index contributed by atoms with van der Waals surface area (Å²) in [5.41, 5.74) is 9.04. The average molecular weight is 244 g/mol. The van der Waals surface area contributed by atoms with Crippen LogP contribution < -0.4 is 5.73 Å². The summed E-state index contributed by atoms with van der Waals surface area (Å²) in [7, 11) is 0. The van der Waals surface area contributed by atoms with Crippen molar-refractivity contribution in [2.45, 2.75) is 25.8 Å². The summed E-state index contributed by atoms with van der Waals surface area (Å²) in [5, 5.41) is 0. The summed E-state index contributed by atoms with van der Waals surface area (Å²) in [4.78, 5) is 7.24. The van der Waals surface area contributed by atoms with E-state index in [1.54, 1.807) is 0 Å². The van der Waals surface area contributed by atoms with E-state index in [1.165, 1.54) is 18.7 Å². The molecule has 0 aliphatic carbocycles. The van der Waals surface area contributed by atoms with Crippen LogP contribution in [0.4, 0.5) is 0 Å². The van der Waals surface area contributed by atoms with E-state index in [-0.39, 0.29) is 0 Å². The molecule has 2 aromatic rings. The highest BCUT2D eigenvalue weighted by atomic mass is 15.1. The maximum Gasteiger partial charge on any atom is 0.137 e. The van der Waals surface area contributed by atoms with Crippen molar-refractivity contribution in [2.24, 2.45) is 5.73 Å². The van der Waals surface area contributed by atoms with Gasteiger partial charge in [0.15, 0.2) is 0 Å². The Morgan fingerprint density at radius 2 is 2.39 bits per heavy atom. The van der Waals surface area contributed by atoms with E-state index in [9.17, 15) is 0 Å². The number of likely N-dealkylation sites (tertiary alicyclic amines) is 1. The molecule has 0 radical (unpaired) electrons. The molecule has 96 valence electrons.